The van der Waals surface area contributed by atoms with Gasteiger partial charge in [0.15, 0.2) is 5.78 Å². The molecule has 0 radical (unpaired) electrons. The number of anilines is 1. The Bertz CT molecular complexity index is 750. The normalized spacial score (nSPS) is 10.3. The van der Waals surface area contributed by atoms with Crippen LogP contribution in [-0.2, 0) is 0 Å². The number of halogens is 2. The van der Waals surface area contributed by atoms with Crippen molar-refractivity contribution in [2.45, 2.75) is 6.92 Å². The Labute approximate surface area is 134 Å². The average Bonchev–Trinajstić information content (AvgIpc) is 2.48. The summed E-state index contributed by atoms with van der Waals surface area (Å²) in [6.07, 6.45) is 0. The topological polar surface area (TPSA) is 72.2 Å². The van der Waals surface area contributed by atoms with Gasteiger partial charge in [0.2, 0.25) is 0 Å². The number of Topliss-reactive ketones (excluding diaryl/α,β-unsaturated/α-hetero) is 1. The molecule has 0 fully saturated rings. The number of nitrogens with zero attached hydrogens (tertiary/aromatic N) is 1. The summed E-state index contributed by atoms with van der Waals surface area (Å²) in [6.45, 7) is 1.58. The maximum absolute atomic E-state index is 13.4. The van der Waals surface area contributed by atoms with Crippen molar-refractivity contribution in [1.29, 1.82) is 0 Å². The number of hydrogen-bond donors (Lipinski definition) is 1. The molecule has 0 bridgehead atoms. The third-order valence-corrected chi connectivity index (χ3v) is 3.75. The summed E-state index contributed by atoms with van der Waals surface area (Å²) in [5.74, 6) is -0.702. The molecule has 0 aliphatic carbocycles. The smallest absolute Gasteiger partial charge is 0.270 e. The second-order valence-electron chi connectivity index (χ2n) is 4.66. The zero-order chi connectivity index (χ0) is 16.3. The van der Waals surface area contributed by atoms with E-state index in [1.807, 2.05) is 0 Å². The van der Waals surface area contributed by atoms with Gasteiger partial charge in [-0.05, 0) is 40.5 Å². The summed E-state index contributed by atoms with van der Waals surface area (Å²) in [5, 5.41) is 13.5. The van der Waals surface area contributed by atoms with Crippen LogP contribution in [0.25, 0.3) is 0 Å². The monoisotopic (exact) mass is 366 g/mol. The molecule has 1 N–H and O–H groups in total. The molecule has 0 atom stereocenters. The van der Waals surface area contributed by atoms with Crippen molar-refractivity contribution in [3.63, 3.8) is 0 Å². The van der Waals surface area contributed by atoms with Crippen molar-refractivity contribution >= 4 is 33.1 Å². The molecule has 0 aliphatic rings. The van der Waals surface area contributed by atoms with E-state index >= 15 is 0 Å². The Hall–Kier alpha value is -2.28. The third-order valence-electron chi connectivity index (χ3n) is 3.10. The highest BCUT2D eigenvalue weighted by Gasteiger charge is 2.11. The zero-order valence-corrected chi connectivity index (χ0v) is 13.2. The van der Waals surface area contributed by atoms with Gasteiger partial charge in [-0.2, -0.15) is 0 Å². The number of nitro benzene ring substituents is 1. The van der Waals surface area contributed by atoms with Crippen molar-refractivity contribution in [2.75, 3.05) is 11.9 Å². The Morgan fingerprint density at radius 2 is 2.05 bits per heavy atom. The van der Waals surface area contributed by atoms with Crippen LogP contribution in [0.5, 0.6) is 0 Å². The van der Waals surface area contributed by atoms with E-state index in [9.17, 15) is 19.3 Å². The van der Waals surface area contributed by atoms with Crippen molar-refractivity contribution in [3.8, 4) is 0 Å². The fraction of sp³-hybridized carbons (Fsp3) is 0.133. The summed E-state index contributed by atoms with van der Waals surface area (Å²) in [4.78, 5) is 22.2. The van der Waals surface area contributed by atoms with Gasteiger partial charge in [0, 0.05) is 27.9 Å². The Balaban J connectivity index is 2.07. The highest BCUT2D eigenvalue weighted by molar-refractivity contribution is 9.10. The second-order valence-corrected chi connectivity index (χ2v) is 5.52. The lowest BCUT2D eigenvalue weighted by Crippen LogP contribution is -2.14. The van der Waals surface area contributed by atoms with Crippen LogP contribution >= 0.6 is 15.9 Å². The van der Waals surface area contributed by atoms with Gasteiger partial charge in [-0.15, -0.1) is 0 Å². The van der Waals surface area contributed by atoms with Crippen LogP contribution in [0.4, 0.5) is 15.8 Å². The minimum atomic E-state index is -0.505. The predicted octanol–water partition coefficient (Wildman–Crippen LogP) is 4.10. The number of carbonyl (C=O) groups is 1. The van der Waals surface area contributed by atoms with Crippen LogP contribution in [-0.4, -0.2) is 17.3 Å². The van der Waals surface area contributed by atoms with E-state index in [0.717, 1.165) is 0 Å². The highest BCUT2D eigenvalue weighted by Crippen LogP contribution is 2.27. The molecule has 2 rings (SSSR count). The van der Waals surface area contributed by atoms with E-state index in [1.54, 1.807) is 19.1 Å². The van der Waals surface area contributed by atoms with Crippen LogP contribution in [0.1, 0.15) is 15.9 Å². The summed E-state index contributed by atoms with van der Waals surface area (Å²) in [6, 6.07) is 8.49. The number of rotatable bonds is 5. The number of hydrogen-bond acceptors (Lipinski definition) is 4. The molecule has 0 unspecified atom stereocenters. The van der Waals surface area contributed by atoms with Crippen LogP contribution in [0.2, 0.25) is 0 Å². The lowest BCUT2D eigenvalue weighted by Gasteiger charge is -2.08. The number of nitrogens with one attached hydrogen (secondary N) is 1. The second kappa shape index (κ2) is 6.65. The molecule has 2 aromatic carbocycles. The summed E-state index contributed by atoms with van der Waals surface area (Å²) >= 11 is 3.20. The summed E-state index contributed by atoms with van der Waals surface area (Å²) in [5.41, 5.74) is 1.24. The molecule has 2 aromatic rings. The van der Waals surface area contributed by atoms with Gasteiger partial charge in [-0.25, -0.2) is 4.39 Å². The lowest BCUT2D eigenvalue weighted by atomic mass is 10.1. The summed E-state index contributed by atoms with van der Waals surface area (Å²) in [7, 11) is 0. The predicted molar refractivity (Wildman–Crippen MR) is 84.8 cm³/mol. The molecule has 22 heavy (non-hydrogen) atoms. The van der Waals surface area contributed by atoms with Crippen LogP contribution in [0.15, 0.2) is 40.9 Å². The maximum Gasteiger partial charge on any atom is 0.270 e. The molecular weight excluding hydrogens is 355 g/mol. The van der Waals surface area contributed by atoms with E-state index in [0.29, 0.717) is 15.7 Å². The largest absolute Gasteiger partial charge is 0.377 e. The molecule has 0 spiro atoms. The van der Waals surface area contributed by atoms with Gasteiger partial charge in [0.1, 0.15) is 5.82 Å². The van der Waals surface area contributed by atoms with Crippen LogP contribution < -0.4 is 5.32 Å². The quantitative estimate of drug-likeness (QED) is 0.491. The van der Waals surface area contributed by atoms with Gasteiger partial charge in [0.25, 0.3) is 5.69 Å². The first-order chi connectivity index (χ1) is 10.4. The first kappa shape index (κ1) is 16.1. The average molecular weight is 367 g/mol. The van der Waals surface area contributed by atoms with Crippen LogP contribution in [0.3, 0.4) is 0 Å². The maximum atomic E-state index is 13.4. The van der Waals surface area contributed by atoms with E-state index < -0.39 is 10.7 Å². The molecule has 0 aliphatic heterocycles. The number of aryl methyl sites for hydroxylation is 1. The molecule has 0 aromatic heterocycles. The Morgan fingerprint density at radius 1 is 1.32 bits per heavy atom. The fourth-order valence-electron chi connectivity index (χ4n) is 1.80. The van der Waals surface area contributed by atoms with Crippen molar-refractivity contribution in [2.24, 2.45) is 0 Å². The molecule has 7 heteroatoms. The van der Waals surface area contributed by atoms with Gasteiger partial charge < -0.3 is 5.32 Å². The number of benzene rings is 2. The van der Waals surface area contributed by atoms with Crippen LogP contribution in [0, 0.1) is 22.9 Å². The molecular formula is C15H12BrFN2O3. The van der Waals surface area contributed by atoms with Gasteiger partial charge in [-0.3, -0.25) is 14.9 Å². The highest BCUT2D eigenvalue weighted by atomic mass is 79.9. The molecule has 114 valence electrons. The molecule has 5 nitrogen and oxygen atoms in total. The Morgan fingerprint density at radius 3 is 2.64 bits per heavy atom. The van der Waals surface area contributed by atoms with E-state index in [-0.39, 0.29) is 23.6 Å². The molecule has 0 saturated carbocycles. The van der Waals surface area contributed by atoms with Crippen molar-refractivity contribution in [1.82, 2.24) is 0 Å². The number of ketones is 1. The van der Waals surface area contributed by atoms with Crippen molar-refractivity contribution in [3.05, 3.63) is 67.9 Å². The first-order valence-electron chi connectivity index (χ1n) is 6.35. The van der Waals surface area contributed by atoms with E-state index in [4.69, 9.17) is 0 Å². The minimum absolute atomic E-state index is 0.0427. The lowest BCUT2D eigenvalue weighted by molar-refractivity contribution is -0.384. The third kappa shape index (κ3) is 3.67. The number of nitro groups is 1. The van der Waals surface area contributed by atoms with E-state index in [2.05, 4.69) is 21.2 Å². The zero-order valence-electron chi connectivity index (χ0n) is 11.6. The fourth-order valence-corrected chi connectivity index (χ4v) is 2.31. The van der Waals surface area contributed by atoms with Gasteiger partial charge >= 0.3 is 0 Å². The first-order valence-corrected chi connectivity index (χ1v) is 7.15. The molecule has 0 amide bonds. The summed E-state index contributed by atoms with van der Waals surface area (Å²) < 4.78 is 13.9. The SMILES string of the molecule is Cc1ccc(C(=O)CNc2ccc([N+](=O)[O-])cc2Br)cc1F. The number of non-ortho nitro benzene ring substituents is 1. The standard InChI is InChI=1S/C15H12BrFN2O3/c1-9-2-3-10(6-13(9)17)15(20)8-18-14-5-4-11(19(21)22)7-12(14)16/h2-7,18H,8H2,1H3. The van der Waals surface area contributed by atoms with Gasteiger partial charge in [-0.1, -0.05) is 12.1 Å². The van der Waals surface area contributed by atoms with Crippen molar-refractivity contribution < 1.29 is 14.1 Å². The molecule has 0 saturated heterocycles. The number of carbonyl (C=O) groups excluding carboxylic acids is 1. The van der Waals surface area contributed by atoms with E-state index in [1.165, 1.54) is 24.3 Å². The van der Waals surface area contributed by atoms with Gasteiger partial charge in [0.05, 0.1) is 11.5 Å². The Kier molecular flexibility index (Phi) is 4.87. The molecule has 0 heterocycles. The minimum Gasteiger partial charge on any atom is -0.377 e.